The summed E-state index contributed by atoms with van der Waals surface area (Å²) in [6, 6.07) is 5.60. The quantitative estimate of drug-likeness (QED) is 0.800. The molecule has 0 unspecified atom stereocenters. The molecular weight excluding hydrogens is 272 g/mol. The van der Waals surface area contributed by atoms with Crippen LogP contribution in [0.2, 0.25) is 0 Å². The molecule has 0 aliphatic heterocycles. The van der Waals surface area contributed by atoms with Gasteiger partial charge in [0.05, 0.1) is 5.97 Å². The molecule has 4 saturated carbocycles. The van der Waals surface area contributed by atoms with Crippen LogP contribution in [0, 0.1) is 17.8 Å². The van der Waals surface area contributed by atoms with Gasteiger partial charge in [-0.05, 0) is 90.9 Å². The van der Waals surface area contributed by atoms with Crippen LogP contribution in [0.15, 0.2) is 30.9 Å². The molecule has 0 N–H and O–H groups in total. The predicted molar refractivity (Wildman–Crippen MR) is 84.5 cm³/mol. The van der Waals surface area contributed by atoms with E-state index in [4.69, 9.17) is 0 Å². The highest BCUT2D eigenvalue weighted by Crippen LogP contribution is 2.61. The molecule has 0 aromatic heterocycles. The molecule has 0 heterocycles. The standard InChI is InChI=1S/C20H24O2/c1-2-3-16-4-5-17(19(21)22)9-18(16)20-10-13-6-14(11-20)8-15(7-13)12-20/h2,4-5,9,13-15H,1,3,6-8,10-12H2,(H,21,22)/p-1. The monoisotopic (exact) mass is 295 g/mol. The van der Waals surface area contributed by atoms with Crippen molar-refractivity contribution >= 4 is 5.97 Å². The molecule has 22 heavy (non-hydrogen) atoms. The third-order valence-electron chi connectivity index (χ3n) is 6.32. The molecule has 116 valence electrons. The van der Waals surface area contributed by atoms with E-state index in [0.29, 0.717) is 5.56 Å². The minimum atomic E-state index is -1.06. The van der Waals surface area contributed by atoms with Crippen LogP contribution in [0.3, 0.4) is 0 Å². The lowest BCUT2D eigenvalue weighted by Crippen LogP contribution is -2.49. The molecule has 2 nitrogen and oxygen atoms in total. The van der Waals surface area contributed by atoms with Crippen molar-refractivity contribution < 1.29 is 9.90 Å². The summed E-state index contributed by atoms with van der Waals surface area (Å²) >= 11 is 0. The Bertz CT molecular complexity index is 593. The number of rotatable bonds is 4. The second-order valence-electron chi connectivity index (χ2n) is 7.85. The number of hydrogen-bond acceptors (Lipinski definition) is 2. The zero-order chi connectivity index (χ0) is 15.3. The molecule has 4 aliphatic rings. The molecule has 0 atom stereocenters. The number of carboxylic acids is 1. The van der Waals surface area contributed by atoms with Crippen molar-refractivity contribution in [2.45, 2.75) is 50.4 Å². The van der Waals surface area contributed by atoms with E-state index in [1.807, 2.05) is 18.2 Å². The van der Waals surface area contributed by atoms with Gasteiger partial charge in [0, 0.05) is 0 Å². The summed E-state index contributed by atoms with van der Waals surface area (Å²) in [4.78, 5) is 11.3. The zero-order valence-electron chi connectivity index (χ0n) is 13.0. The summed E-state index contributed by atoms with van der Waals surface area (Å²) in [5, 5.41) is 11.3. The van der Waals surface area contributed by atoms with Crippen LogP contribution in [-0.2, 0) is 11.8 Å². The fourth-order valence-corrected chi connectivity index (χ4v) is 5.97. The highest BCUT2D eigenvalue weighted by molar-refractivity contribution is 5.86. The van der Waals surface area contributed by atoms with Crippen molar-refractivity contribution in [1.29, 1.82) is 0 Å². The van der Waals surface area contributed by atoms with Gasteiger partial charge in [-0.15, -0.1) is 6.58 Å². The van der Waals surface area contributed by atoms with Gasteiger partial charge in [0.1, 0.15) is 0 Å². The summed E-state index contributed by atoms with van der Waals surface area (Å²) in [6.45, 7) is 3.87. The van der Waals surface area contributed by atoms with Crippen molar-refractivity contribution in [3.8, 4) is 0 Å². The van der Waals surface area contributed by atoms with Gasteiger partial charge in [0.25, 0.3) is 0 Å². The third-order valence-corrected chi connectivity index (χ3v) is 6.32. The fourth-order valence-electron chi connectivity index (χ4n) is 5.97. The number of carbonyl (C=O) groups excluding carboxylic acids is 1. The number of aromatic carboxylic acids is 1. The molecule has 0 spiro atoms. The van der Waals surface area contributed by atoms with Gasteiger partial charge < -0.3 is 9.90 Å². The third kappa shape index (κ3) is 2.12. The lowest BCUT2D eigenvalue weighted by molar-refractivity contribution is -0.255. The minimum Gasteiger partial charge on any atom is -0.545 e. The maximum absolute atomic E-state index is 11.3. The van der Waals surface area contributed by atoms with E-state index in [2.05, 4.69) is 6.58 Å². The molecule has 1 aromatic rings. The Hall–Kier alpha value is -1.57. The topological polar surface area (TPSA) is 40.1 Å². The summed E-state index contributed by atoms with van der Waals surface area (Å²) < 4.78 is 0. The molecule has 4 bridgehead atoms. The van der Waals surface area contributed by atoms with Crippen molar-refractivity contribution in [1.82, 2.24) is 0 Å². The zero-order valence-corrected chi connectivity index (χ0v) is 13.0. The average Bonchev–Trinajstić information content (AvgIpc) is 2.46. The van der Waals surface area contributed by atoms with Gasteiger partial charge in [-0.1, -0.05) is 18.2 Å². The molecule has 4 fully saturated rings. The predicted octanol–water partition coefficient (Wildman–Crippen LogP) is 3.25. The second kappa shape index (κ2) is 4.97. The van der Waals surface area contributed by atoms with Gasteiger partial charge >= 0.3 is 0 Å². The Labute approximate surface area is 132 Å². The Morgan fingerprint density at radius 2 is 1.77 bits per heavy atom. The van der Waals surface area contributed by atoms with Crippen LogP contribution in [0.25, 0.3) is 0 Å². The fraction of sp³-hybridized carbons (Fsp3) is 0.550. The Morgan fingerprint density at radius 3 is 2.27 bits per heavy atom. The Morgan fingerprint density at radius 1 is 1.18 bits per heavy atom. The molecule has 1 aromatic carbocycles. The van der Waals surface area contributed by atoms with Crippen molar-refractivity contribution in [3.63, 3.8) is 0 Å². The van der Waals surface area contributed by atoms with Crippen molar-refractivity contribution in [3.05, 3.63) is 47.5 Å². The van der Waals surface area contributed by atoms with Gasteiger partial charge in [-0.3, -0.25) is 0 Å². The summed E-state index contributed by atoms with van der Waals surface area (Å²) in [5.41, 5.74) is 3.10. The number of allylic oxidation sites excluding steroid dienone is 1. The Kier molecular flexibility index (Phi) is 3.18. The molecule has 5 rings (SSSR count). The number of benzene rings is 1. The van der Waals surface area contributed by atoms with Gasteiger partial charge in [0.2, 0.25) is 0 Å². The summed E-state index contributed by atoms with van der Waals surface area (Å²) in [5.74, 6) is 1.51. The Balaban J connectivity index is 1.81. The molecule has 0 saturated heterocycles. The molecular formula is C20H23O2-. The van der Waals surface area contributed by atoms with Gasteiger partial charge in [-0.25, -0.2) is 0 Å². The van der Waals surface area contributed by atoms with Crippen LogP contribution in [0.1, 0.15) is 60.0 Å². The number of carboxylic acid groups (broad SMARTS) is 1. The maximum Gasteiger partial charge on any atom is 0.0715 e. The van der Waals surface area contributed by atoms with Crippen LogP contribution in [0.4, 0.5) is 0 Å². The van der Waals surface area contributed by atoms with Crippen LogP contribution < -0.4 is 5.11 Å². The first-order valence-electron chi connectivity index (χ1n) is 8.55. The highest BCUT2D eigenvalue weighted by atomic mass is 16.4. The largest absolute Gasteiger partial charge is 0.545 e. The molecule has 4 aliphatic carbocycles. The van der Waals surface area contributed by atoms with E-state index >= 15 is 0 Å². The lowest BCUT2D eigenvalue weighted by Gasteiger charge is -2.57. The molecule has 0 amide bonds. The summed E-state index contributed by atoms with van der Waals surface area (Å²) in [7, 11) is 0. The van der Waals surface area contributed by atoms with Crippen LogP contribution in [0.5, 0.6) is 0 Å². The SMILES string of the molecule is C=CCc1ccc(C(=O)[O-])cc1C12CC3CC(CC(C3)C1)C2. The first kappa shape index (κ1) is 14.0. The minimum absolute atomic E-state index is 0.221. The highest BCUT2D eigenvalue weighted by Gasteiger charge is 2.52. The number of carbonyl (C=O) groups is 1. The first-order chi connectivity index (χ1) is 10.6. The van der Waals surface area contributed by atoms with E-state index in [-0.39, 0.29) is 5.41 Å². The smallest absolute Gasteiger partial charge is 0.0715 e. The van der Waals surface area contributed by atoms with Crippen LogP contribution >= 0.6 is 0 Å². The van der Waals surface area contributed by atoms with E-state index in [9.17, 15) is 9.90 Å². The molecule has 0 radical (unpaired) electrons. The lowest BCUT2D eigenvalue weighted by atomic mass is 9.47. The summed E-state index contributed by atoms with van der Waals surface area (Å²) in [6.07, 6.45) is 10.7. The second-order valence-corrected chi connectivity index (χ2v) is 7.85. The van der Waals surface area contributed by atoms with Gasteiger partial charge in [-0.2, -0.15) is 0 Å². The van der Waals surface area contributed by atoms with E-state index in [1.54, 1.807) is 6.07 Å². The van der Waals surface area contributed by atoms with E-state index in [0.717, 1.165) is 24.2 Å². The van der Waals surface area contributed by atoms with Gasteiger partial charge in [0.15, 0.2) is 0 Å². The first-order valence-corrected chi connectivity index (χ1v) is 8.55. The van der Waals surface area contributed by atoms with E-state index in [1.165, 1.54) is 49.7 Å². The van der Waals surface area contributed by atoms with E-state index < -0.39 is 5.97 Å². The van der Waals surface area contributed by atoms with Crippen molar-refractivity contribution in [2.24, 2.45) is 17.8 Å². The average molecular weight is 295 g/mol. The van der Waals surface area contributed by atoms with Crippen molar-refractivity contribution in [2.75, 3.05) is 0 Å². The van der Waals surface area contributed by atoms with Crippen LogP contribution in [-0.4, -0.2) is 5.97 Å². The molecule has 2 heteroatoms. The normalized spacial score (nSPS) is 35.5. The number of hydrogen-bond donors (Lipinski definition) is 0. The maximum atomic E-state index is 11.3.